The van der Waals surface area contributed by atoms with Crippen LogP contribution in [0.3, 0.4) is 0 Å². The van der Waals surface area contributed by atoms with Crippen molar-refractivity contribution >= 4 is 23.3 Å². The summed E-state index contributed by atoms with van der Waals surface area (Å²) in [5.74, 6) is 0.240. The highest BCUT2D eigenvalue weighted by molar-refractivity contribution is 7.78. The molecule has 0 aliphatic carbocycles. The Balaban J connectivity index is 3.67. The summed E-state index contributed by atoms with van der Waals surface area (Å²) < 4.78 is 0. The van der Waals surface area contributed by atoms with Crippen LogP contribution in [0.15, 0.2) is 4.99 Å². The van der Waals surface area contributed by atoms with E-state index < -0.39 is 0 Å². The zero-order valence-corrected chi connectivity index (χ0v) is 7.07. The smallest absolute Gasteiger partial charge is 0.254 e. The molecule has 10 heavy (non-hydrogen) atoms. The van der Waals surface area contributed by atoms with Crippen LogP contribution in [-0.2, 0) is 4.79 Å². The molecule has 0 radical (unpaired) electrons. The fraction of sp³-hybridized carbons (Fsp3) is 0.714. The van der Waals surface area contributed by atoms with Gasteiger partial charge in [0.1, 0.15) is 0 Å². The maximum absolute atomic E-state index is 10.7. The molecule has 0 bridgehead atoms. The Morgan fingerprint density at radius 1 is 1.80 bits per heavy atom. The molecule has 0 saturated heterocycles. The number of isothiocyanates is 1. The number of carbonyl (C=O) groups excluding carboxylic acids is 1. The van der Waals surface area contributed by atoms with Crippen LogP contribution < -0.4 is 0 Å². The number of thiocarbonyl (C=S) groups is 1. The average molecular weight is 157 g/mol. The van der Waals surface area contributed by atoms with Crippen molar-refractivity contribution in [3.05, 3.63) is 0 Å². The lowest BCUT2D eigenvalue weighted by atomic mass is 10.1. The highest BCUT2D eigenvalue weighted by Gasteiger charge is 2.04. The zero-order chi connectivity index (χ0) is 7.98. The van der Waals surface area contributed by atoms with E-state index >= 15 is 0 Å². The summed E-state index contributed by atoms with van der Waals surface area (Å²) in [5.41, 5.74) is 0. The van der Waals surface area contributed by atoms with Gasteiger partial charge in [-0.25, -0.2) is 0 Å². The minimum absolute atomic E-state index is 0.163. The third kappa shape index (κ3) is 4.36. The molecule has 1 amide bonds. The molecule has 0 aliphatic rings. The maximum Gasteiger partial charge on any atom is 0.254 e. The van der Waals surface area contributed by atoms with Gasteiger partial charge in [0.25, 0.3) is 5.91 Å². The van der Waals surface area contributed by atoms with Gasteiger partial charge in [0.15, 0.2) is 0 Å². The second kappa shape index (κ2) is 5.27. The average Bonchev–Trinajstić information content (AvgIpc) is 1.88. The second-order valence-corrected chi connectivity index (χ2v) is 2.50. The van der Waals surface area contributed by atoms with Gasteiger partial charge in [0.2, 0.25) is 0 Å². The van der Waals surface area contributed by atoms with Gasteiger partial charge in [-0.05, 0) is 18.1 Å². The first-order valence-corrected chi connectivity index (χ1v) is 3.72. The van der Waals surface area contributed by atoms with Crippen LogP contribution in [0.4, 0.5) is 0 Å². The maximum atomic E-state index is 10.7. The summed E-state index contributed by atoms with van der Waals surface area (Å²) in [6.45, 7) is 4.05. The molecule has 0 N–H and O–H groups in total. The highest BCUT2D eigenvalue weighted by atomic mass is 32.1. The summed E-state index contributed by atoms with van der Waals surface area (Å²) in [6.07, 6.45) is 1.48. The van der Waals surface area contributed by atoms with E-state index in [1.165, 1.54) is 0 Å². The van der Waals surface area contributed by atoms with Crippen LogP contribution in [-0.4, -0.2) is 11.1 Å². The van der Waals surface area contributed by atoms with E-state index in [0.717, 1.165) is 6.42 Å². The van der Waals surface area contributed by atoms with E-state index in [9.17, 15) is 4.79 Å². The number of hydrogen-bond acceptors (Lipinski definition) is 2. The summed E-state index contributed by atoms with van der Waals surface area (Å²) in [4.78, 5) is 14.1. The Labute approximate surface area is 66.3 Å². The van der Waals surface area contributed by atoms with Crippen molar-refractivity contribution in [3.8, 4) is 0 Å². The number of hydrogen-bond donors (Lipinski definition) is 0. The Morgan fingerprint density at radius 3 is 2.80 bits per heavy atom. The first-order chi connectivity index (χ1) is 4.70. The lowest BCUT2D eigenvalue weighted by molar-refractivity contribution is -0.118. The van der Waals surface area contributed by atoms with Gasteiger partial charge >= 0.3 is 0 Å². The molecule has 1 atom stereocenters. The standard InChI is InChI=1S/C7H11NOS/c1-3-6(2)4-7(9)8-5-10/h6H,3-4H2,1-2H3. The lowest BCUT2D eigenvalue weighted by Crippen LogP contribution is -2.00. The molecule has 0 aliphatic heterocycles. The molecular formula is C7H11NOS. The molecule has 0 spiro atoms. The van der Waals surface area contributed by atoms with Crippen molar-refractivity contribution < 1.29 is 4.79 Å². The quantitative estimate of drug-likeness (QED) is 0.463. The fourth-order valence-corrected chi connectivity index (χ4v) is 0.641. The summed E-state index contributed by atoms with van der Waals surface area (Å²) >= 11 is 4.28. The first kappa shape index (κ1) is 9.47. The van der Waals surface area contributed by atoms with Crippen molar-refractivity contribution in [1.82, 2.24) is 0 Å². The molecule has 0 saturated carbocycles. The molecule has 0 aromatic carbocycles. The summed E-state index contributed by atoms with van der Waals surface area (Å²) in [6, 6.07) is 0. The van der Waals surface area contributed by atoms with E-state index in [1.54, 1.807) is 0 Å². The SMILES string of the molecule is CCC(C)CC(=O)N=C=S. The Kier molecular flexibility index (Phi) is 4.99. The second-order valence-electron chi connectivity index (χ2n) is 2.31. The number of amides is 1. The molecule has 0 heterocycles. The van der Waals surface area contributed by atoms with Gasteiger partial charge in [-0.15, -0.1) is 0 Å². The largest absolute Gasteiger partial charge is 0.272 e. The molecule has 0 fully saturated rings. The summed E-state index contributed by atoms with van der Waals surface area (Å²) in [7, 11) is 0. The Bertz CT molecular complexity index is 161. The van der Waals surface area contributed by atoms with Crippen LogP contribution in [0.1, 0.15) is 26.7 Å². The predicted octanol–water partition coefficient (Wildman–Crippen LogP) is 2.05. The van der Waals surface area contributed by atoms with E-state index in [2.05, 4.69) is 22.4 Å². The zero-order valence-electron chi connectivity index (χ0n) is 6.26. The topological polar surface area (TPSA) is 29.4 Å². The number of nitrogens with zero attached hydrogens (tertiary/aromatic N) is 1. The van der Waals surface area contributed by atoms with Crippen molar-refractivity contribution in [2.24, 2.45) is 10.9 Å². The molecular weight excluding hydrogens is 146 g/mol. The van der Waals surface area contributed by atoms with Gasteiger partial charge in [-0.3, -0.25) is 4.79 Å². The van der Waals surface area contributed by atoms with Crippen LogP contribution in [0, 0.1) is 5.92 Å². The molecule has 2 nitrogen and oxygen atoms in total. The van der Waals surface area contributed by atoms with E-state index in [4.69, 9.17) is 0 Å². The van der Waals surface area contributed by atoms with Crippen molar-refractivity contribution in [2.45, 2.75) is 26.7 Å². The van der Waals surface area contributed by atoms with Gasteiger partial charge in [-0.1, -0.05) is 20.3 Å². The van der Waals surface area contributed by atoms with Gasteiger partial charge in [-0.2, -0.15) is 4.99 Å². The van der Waals surface area contributed by atoms with Gasteiger partial charge < -0.3 is 0 Å². The van der Waals surface area contributed by atoms with Crippen LogP contribution in [0.25, 0.3) is 0 Å². The molecule has 0 aromatic heterocycles. The van der Waals surface area contributed by atoms with E-state index in [1.807, 2.05) is 13.8 Å². The van der Waals surface area contributed by atoms with Gasteiger partial charge in [0.05, 0.1) is 5.16 Å². The lowest BCUT2D eigenvalue weighted by Gasteiger charge is -2.01. The van der Waals surface area contributed by atoms with Crippen molar-refractivity contribution in [1.29, 1.82) is 0 Å². The molecule has 0 rings (SSSR count). The molecule has 1 unspecified atom stereocenters. The van der Waals surface area contributed by atoms with E-state index in [-0.39, 0.29) is 5.91 Å². The van der Waals surface area contributed by atoms with Gasteiger partial charge in [0, 0.05) is 6.42 Å². The monoisotopic (exact) mass is 157 g/mol. The number of carbonyl (C=O) groups is 1. The van der Waals surface area contributed by atoms with Crippen molar-refractivity contribution in [3.63, 3.8) is 0 Å². The third-order valence-corrected chi connectivity index (χ3v) is 1.48. The van der Waals surface area contributed by atoms with E-state index in [0.29, 0.717) is 12.3 Å². The van der Waals surface area contributed by atoms with Crippen molar-refractivity contribution in [2.75, 3.05) is 0 Å². The summed E-state index contributed by atoms with van der Waals surface area (Å²) in [5, 5.41) is 2.06. The minimum Gasteiger partial charge on any atom is -0.272 e. The fourth-order valence-electron chi connectivity index (χ4n) is 0.539. The normalized spacial score (nSPS) is 11.8. The predicted molar refractivity (Wildman–Crippen MR) is 44.1 cm³/mol. The molecule has 3 heteroatoms. The Morgan fingerprint density at radius 2 is 2.40 bits per heavy atom. The third-order valence-electron chi connectivity index (χ3n) is 1.39. The van der Waals surface area contributed by atoms with Crippen LogP contribution in [0.5, 0.6) is 0 Å². The van der Waals surface area contributed by atoms with Crippen LogP contribution >= 0.6 is 12.2 Å². The van der Waals surface area contributed by atoms with Crippen LogP contribution in [0.2, 0.25) is 0 Å². The molecule has 0 aromatic rings. The molecule has 56 valence electrons. The highest BCUT2D eigenvalue weighted by Crippen LogP contribution is 2.06. The number of aliphatic imine (C=N–C) groups is 1. The first-order valence-electron chi connectivity index (χ1n) is 3.31. The minimum atomic E-state index is -0.163. The Hall–Kier alpha value is -0.530. The number of rotatable bonds is 3.